The first-order valence-electron chi connectivity index (χ1n) is 8.00. The predicted octanol–water partition coefficient (Wildman–Crippen LogP) is 3.43. The van der Waals surface area contributed by atoms with Gasteiger partial charge in [-0.25, -0.2) is 9.59 Å². The van der Waals surface area contributed by atoms with E-state index in [0.29, 0.717) is 27.8 Å². The molecule has 0 saturated heterocycles. The fourth-order valence-electron chi connectivity index (χ4n) is 2.41. The van der Waals surface area contributed by atoms with Crippen LogP contribution < -0.4 is 15.1 Å². The van der Waals surface area contributed by atoms with Gasteiger partial charge >= 0.3 is 11.6 Å². The summed E-state index contributed by atoms with van der Waals surface area (Å²) in [6.07, 6.45) is 1.20. The second-order valence-corrected chi connectivity index (χ2v) is 5.54. The van der Waals surface area contributed by atoms with Gasteiger partial charge in [0.15, 0.2) is 0 Å². The summed E-state index contributed by atoms with van der Waals surface area (Å²) in [6.45, 7) is 6.76. The number of aliphatic hydroxyl groups excluding tert-OH is 1. The second-order valence-electron chi connectivity index (χ2n) is 5.54. The molecule has 0 radical (unpaired) electrons. The van der Waals surface area contributed by atoms with Crippen molar-refractivity contribution in [2.24, 2.45) is 0 Å². The van der Waals surface area contributed by atoms with E-state index in [1.165, 1.54) is 12.1 Å². The van der Waals surface area contributed by atoms with E-state index >= 15 is 0 Å². The number of fused-ring (bicyclic) bond motifs is 1. The molecule has 3 rings (SSSR count). The zero-order valence-corrected chi connectivity index (χ0v) is 14.3. The molecule has 0 aliphatic rings. The molecular weight excluding hydrogens is 348 g/mol. The van der Waals surface area contributed by atoms with Crippen LogP contribution in [-0.2, 0) is 4.79 Å². The van der Waals surface area contributed by atoms with Crippen molar-refractivity contribution in [1.29, 1.82) is 0 Å². The van der Waals surface area contributed by atoms with Gasteiger partial charge in [-0.05, 0) is 42.0 Å². The Bertz CT molecular complexity index is 1060. The van der Waals surface area contributed by atoms with E-state index in [1.54, 1.807) is 42.5 Å². The summed E-state index contributed by atoms with van der Waals surface area (Å²) in [6, 6.07) is 13.1. The number of carbonyl (C=O) groups is 1. The monoisotopic (exact) mass is 364 g/mol. The minimum atomic E-state index is -1.11. The molecule has 0 aliphatic carbocycles. The maximum atomic E-state index is 12.4. The van der Waals surface area contributed by atoms with Crippen LogP contribution in [0.4, 0.5) is 0 Å². The predicted molar refractivity (Wildman–Crippen MR) is 101 cm³/mol. The molecule has 1 heterocycles. The molecule has 3 aromatic rings. The lowest BCUT2D eigenvalue weighted by atomic mass is 10.1. The fourth-order valence-corrected chi connectivity index (χ4v) is 2.41. The fraction of sp³-hybridized carbons (Fsp3) is 0.0476. The smallest absolute Gasteiger partial charge is 0.344 e. The van der Waals surface area contributed by atoms with E-state index < -0.39 is 17.9 Å². The van der Waals surface area contributed by atoms with E-state index in [-0.39, 0.29) is 5.75 Å². The summed E-state index contributed by atoms with van der Waals surface area (Å²) in [7, 11) is 0. The molecule has 6 heteroatoms. The molecule has 0 bridgehead atoms. The van der Waals surface area contributed by atoms with Crippen LogP contribution in [0.3, 0.4) is 0 Å². The molecule has 2 aromatic carbocycles. The van der Waals surface area contributed by atoms with E-state index in [9.17, 15) is 14.7 Å². The highest BCUT2D eigenvalue weighted by Crippen LogP contribution is 2.26. The Balaban J connectivity index is 1.93. The SMILES string of the molecule is C=CC(=O)Oc1ccc2cc(-c3ccc(OC(O)C=C)cc3)c(=O)oc2c1. The highest BCUT2D eigenvalue weighted by atomic mass is 16.6. The van der Waals surface area contributed by atoms with Crippen molar-refractivity contribution >= 4 is 16.9 Å². The van der Waals surface area contributed by atoms with Gasteiger partial charge in [-0.15, -0.1) is 0 Å². The van der Waals surface area contributed by atoms with Crippen LogP contribution in [0.25, 0.3) is 22.1 Å². The lowest BCUT2D eigenvalue weighted by Gasteiger charge is -2.10. The van der Waals surface area contributed by atoms with Crippen LogP contribution >= 0.6 is 0 Å². The minimum Gasteiger partial charge on any atom is -0.461 e. The van der Waals surface area contributed by atoms with Crippen LogP contribution in [0.2, 0.25) is 0 Å². The summed E-state index contributed by atoms with van der Waals surface area (Å²) in [5.74, 6) is 0.0905. The standard InChI is InChI=1S/C21H16O6/c1-3-19(22)25-15-8-5-13(6-9-15)17-11-14-7-10-16(26-20(23)4-2)12-18(14)27-21(17)24/h3-12,19,22H,1-2H2. The summed E-state index contributed by atoms with van der Waals surface area (Å²) < 4.78 is 15.6. The lowest BCUT2D eigenvalue weighted by molar-refractivity contribution is -0.128. The quantitative estimate of drug-likeness (QED) is 0.180. The third-order valence-electron chi connectivity index (χ3n) is 3.72. The topological polar surface area (TPSA) is 86.0 Å². The summed E-state index contributed by atoms with van der Waals surface area (Å²) >= 11 is 0. The summed E-state index contributed by atoms with van der Waals surface area (Å²) in [4.78, 5) is 23.6. The summed E-state index contributed by atoms with van der Waals surface area (Å²) in [5.41, 5.74) is 0.768. The van der Waals surface area contributed by atoms with E-state index in [4.69, 9.17) is 13.9 Å². The molecule has 0 spiro atoms. The maximum absolute atomic E-state index is 12.4. The van der Waals surface area contributed by atoms with Crippen molar-refractivity contribution in [1.82, 2.24) is 0 Å². The van der Waals surface area contributed by atoms with Crippen molar-refractivity contribution < 1.29 is 23.8 Å². The van der Waals surface area contributed by atoms with Gasteiger partial charge in [0.1, 0.15) is 17.1 Å². The Morgan fingerprint density at radius 1 is 1.07 bits per heavy atom. The first kappa shape index (κ1) is 18.2. The van der Waals surface area contributed by atoms with E-state index in [0.717, 1.165) is 6.08 Å². The third-order valence-corrected chi connectivity index (χ3v) is 3.72. The van der Waals surface area contributed by atoms with Gasteiger partial charge in [0.25, 0.3) is 0 Å². The molecule has 0 fully saturated rings. The molecular formula is C21H16O6. The summed E-state index contributed by atoms with van der Waals surface area (Å²) in [5, 5.41) is 10.1. The first-order chi connectivity index (χ1) is 13.0. The van der Waals surface area contributed by atoms with Crippen LogP contribution in [0.5, 0.6) is 11.5 Å². The van der Waals surface area contributed by atoms with Crippen LogP contribution in [-0.4, -0.2) is 17.4 Å². The van der Waals surface area contributed by atoms with Crippen LogP contribution in [0.1, 0.15) is 0 Å². The highest BCUT2D eigenvalue weighted by Gasteiger charge is 2.10. The van der Waals surface area contributed by atoms with Crippen LogP contribution in [0, 0.1) is 0 Å². The molecule has 0 aliphatic heterocycles. The Morgan fingerprint density at radius 3 is 2.44 bits per heavy atom. The molecule has 136 valence electrons. The Labute approximate surface area is 154 Å². The van der Waals surface area contributed by atoms with E-state index in [1.807, 2.05) is 0 Å². The third kappa shape index (κ3) is 4.13. The number of hydrogen-bond acceptors (Lipinski definition) is 6. The van der Waals surface area contributed by atoms with Gasteiger partial charge in [0, 0.05) is 17.5 Å². The zero-order chi connectivity index (χ0) is 19.4. The minimum absolute atomic E-state index is 0.255. The van der Waals surface area contributed by atoms with Crippen molar-refractivity contribution in [3.8, 4) is 22.6 Å². The lowest BCUT2D eigenvalue weighted by Crippen LogP contribution is -2.11. The number of esters is 1. The normalized spacial score (nSPS) is 11.6. The molecule has 6 nitrogen and oxygen atoms in total. The van der Waals surface area contributed by atoms with Gasteiger partial charge in [0.2, 0.25) is 6.29 Å². The van der Waals surface area contributed by atoms with Gasteiger partial charge in [-0.2, -0.15) is 0 Å². The molecule has 0 saturated carbocycles. The van der Waals surface area contributed by atoms with Crippen molar-refractivity contribution in [3.63, 3.8) is 0 Å². The Kier molecular flexibility index (Phi) is 5.19. The molecule has 1 unspecified atom stereocenters. The van der Waals surface area contributed by atoms with Crippen molar-refractivity contribution in [3.05, 3.63) is 84.3 Å². The number of rotatable bonds is 6. The maximum Gasteiger partial charge on any atom is 0.344 e. The molecule has 1 aromatic heterocycles. The average Bonchev–Trinajstić information content (AvgIpc) is 2.68. The van der Waals surface area contributed by atoms with Crippen molar-refractivity contribution in [2.75, 3.05) is 0 Å². The van der Waals surface area contributed by atoms with Crippen molar-refractivity contribution in [2.45, 2.75) is 6.29 Å². The number of hydrogen-bond donors (Lipinski definition) is 1. The molecule has 27 heavy (non-hydrogen) atoms. The van der Waals surface area contributed by atoms with Gasteiger partial charge < -0.3 is 19.0 Å². The van der Waals surface area contributed by atoms with E-state index in [2.05, 4.69) is 13.2 Å². The number of benzene rings is 2. The second kappa shape index (κ2) is 7.72. The van der Waals surface area contributed by atoms with Gasteiger partial charge in [-0.1, -0.05) is 25.3 Å². The van der Waals surface area contributed by atoms with Gasteiger partial charge in [0.05, 0.1) is 5.56 Å². The average molecular weight is 364 g/mol. The molecule has 0 amide bonds. The molecule has 1 N–H and O–H groups in total. The Morgan fingerprint density at radius 2 is 1.78 bits per heavy atom. The first-order valence-corrected chi connectivity index (χ1v) is 8.00. The number of ether oxygens (including phenoxy) is 2. The van der Waals surface area contributed by atoms with Gasteiger partial charge in [-0.3, -0.25) is 0 Å². The number of carbonyl (C=O) groups excluding carboxylic acids is 1. The Hall–Kier alpha value is -3.64. The number of aliphatic hydroxyl groups is 1. The van der Waals surface area contributed by atoms with Crippen LogP contribution in [0.15, 0.2) is 83.1 Å². The molecule has 1 atom stereocenters. The largest absolute Gasteiger partial charge is 0.461 e. The zero-order valence-electron chi connectivity index (χ0n) is 14.3. The highest BCUT2D eigenvalue weighted by molar-refractivity contribution is 5.86.